The van der Waals surface area contributed by atoms with Gasteiger partial charge in [-0.1, -0.05) is 30.3 Å². The van der Waals surface area contributed by atoms with Gasteiger partial charge in [-0.25, -0.2) is 0 Å². The second-order valence-electron chi connectivity index (χ2n) is 6.30. The summed E-state index contributed by atoms with van der Waals surface area (Å²) in [5, 5.41) is 10.4. The lowest BCUT2D eigenvalue weighted by Crippen LogP contribution is -2.60. The SMILES string of the molecule is CC1(C)OC[C@H]2CN(Cc3ccccc3)C[C@@H](O)[C@@H]2O1. The van der Waals surface area contributed by atoms with Crippen LogP contribution in [0.15, 0.2) is 30.3 Å². The van der Waals surface area contributed by atoms with Crippen molar-refractivity contribution in [3.05, 3.63) is 35.9 Å². The van der Waals surface area contributed by atoms with E-state index in [0.29, 0.717) is 13.2 Å². The molecule has 0 amide bonds. The molecule has 0 bridgehead atoms. The summed E-state index contributed by atoms with van der Waals surface area (Å²) in [6, 6.07) is 10.4. The molecule has 3 rings (SSSR count). The summed E-state index contributed by atoms with van der Waals surface area (Å²) in [5.74, 6) is -0.334. The van der Waals surface area contributed by atoms with Gasteiger partial charge in [0.15, 0.2) is 5.79 Å². The smallest absolute Gasteiger partial charge is 0.163 e. The summed E-state index contributed by atoms with van der Waals surface area (Å²) in [4.78, 5) is 2.28. The Morgan fingerprint density at radius 2 is 2.00 bits per heavy atom. The lowest BCUT2D eigenvalue weighted by Gasteiger charge is -2.48. The van der Waals surface area contributed by atoms with Gasteiger partial charge in [0.2, 0.25) is 0 Å². The average Bonchev–Trinajstić information content (AvgIpc) is 2.41. The van der Waals surface area contributed by atoms with Gasteiger partial charge in [-0.15, -0.1) is 0 Å². The number of benzene rings is 1. The zero-order valence-corrected chi connectivity index (χ0v) is 12.2. The van der Waals surface area contributed by atoms with Gasteiger partial charge in [-0.3, -0.25) is 4.90 Å². The molecule has 1 aromatic carbocycles. The summed E-state index contributed by atoms with van der Waals surface area (Å²) in [7, 11) is 0. The van der Waals surface area contributed by atoms with E-state index in [9.17, 15) is 5.11 Å². The molecule has 20 heavy (non-hydrogen) atoms. The molecule has 0 radical (unpaired) electrons. The van der Waals surface area contributed by atoms with E-state index >= 15 is 0 Å². The Morgan fingerprint density at radius 3 is 2.75 bits per heavy atom. The predicted molar refractivity (Wildman–Crippen MR) is 76.1 cm³/mol. The topological polar surface area (TPSA) is 41.9 Å². The molecule has 2 fully saturated rings. The van der Waals surface area contributed by atoms with E-state index in [1.54, 1.807) is 0 Å². The molecule has 2 heterocycles. The summed E-state index contributed by atoms with van der Waals surface area (Å²) in [5.41, 5.74) is 1.27. The first-order valence-electron chi connectivity index (χ1n) is 7.30. The van der Waals surface area contributed by atoms with Crippen molar-refractivity contribution in [3.63, 3.8) is 0 Å². The number of piperidine rings is 1. The van der Waals surface area contributed by atoms with Gasteiger partial charge < -0.3 is 14.6 Å². The van der Waals surface area contributed by atoms with Crippen molar-refractivity contribution in [2.45, 2.75) is 38.4 Å². The van der Waals surface area contributed by atoms with E-state index in [0.717, 1.165) is 13.1 Å². The highest BCUT2D eigenvalue weighted by molar-refractivity contribution is 5.14. The van der Waals surface area contributed by atoms with Crippen molar-refractivity contribution in [1.29, 1.82) is 0 Å². The zero-order valence-electron chi connectivity index (χ0n) is 12.2. The monoisotopic (exact) mass is 277 g/mol. The molecule has 110 valence electrons. The third-order valence-electron chi connectivity index (χ3n) is 4.10. The maximum atomic E-state index is 10.4. The standard InChI is InChI=1S/C16H23NO3/c1-16(2)19-11-13-9-17(10-14(18)15(13)20-16)8-12-6-4-3-5-7-12/h3-7,13-15,18H,8-11H2,1-2H3/t13-,14-,15-/m1/s1. The Bertz CT molecular complexity index is 448. The lowest BCUT2D eigenvalue weighted by molar-refractivity contribution is -0.318. The van der Waals surface area contributed by atoms with Crippen LogP contribution in [-0.4, -0.2) is 47.7 Å². The predicted octanol–water partition coefficient (Wildman–Crippen LogP) is 1.63. The minimum absolute atomic E-state index is 0.106. The molecule has 2 aliphatic rings. The molecule has 1 N–H and O–H groups in total. The van der Waals surface area contributed by atoms with Crippen LogP contribution in [0.25, 0.3) is 0 Å². The maximum Gasteiger partial charge on any atom is 0.163 e. The van der Waals surface area contributed by atoms with Crippen LogP contribution in [-0.2, 0) is 16.0 Å². The van der Waals surface area contributed by atoms with Gasteiger partial charge in [0.25, 0.3) is 0 Å². The van der Waals surface area contributed by atoms with E-state index in [1.807, 2.05) is 32.0 Å². The third kappa shape index (κ3) is 3.04. The van der Waals surface area contributed by atoms with Crippen LogP contribution in [0.4, 0.5) is 0 Å². The first kappa shape index (κ1) is 14.0. The molecule has 0 saturated carbocycles. The Labute approximate surface area is 120 Å². The molecule has 0 aromatic heterocycles. The normalized spacial score (nSPS) is 33.6. The molecule has 1 aromatic rings. The van der Waals surface area contributed by atoms with Crippen molar-refractivity contribution in [3.8, 4) is 0 Å². The van der Waals surface area contributed by atoms with Gasteiger partial charge in [-0.2, -0.15) is 0 Å². The maximum absolute atomic E-state index is 10.4. The Balaban J connectivity index is 1.65. The summed E-state index contributed by atoms with van der Waals surface area (Å²) < 4.78 is 11.6. The number of fused-ring (bicyclic) bond motifs is 1. The number of aliphatic hydroxyl groups is 1. The highest BCUT2D eigenvalue weighted by atomic mass is 16.7. The van der Waals surface area contributed by atoms with E-state index in [2.05, 4.69) is 17.0 Å². The number of ether oxygens (including phenoxy) is 2. The molecular formula is C16H23NO3. The number of rotatable bonds is 2. The number of hydrogen-bond donors (Lipinski definition) is 1. The van der Waals surface area contributed by atoms with Gasteiger partial charge in [0, 0.05) is 25.6 Å². The van der Waals surface area contributed by atoms with Crippen LogP contribution in [0, 0.1) is 5.92 Å². The lowest BCUT2D eigenvalue weighted by atomic mass is 9.91. The van der Waals surface area contributed by atoms with Crippen LogP contribution in [0.1, 0.15) is 19.4 Å². The quantitative estimate of drug-likeness (QED) is 0.892. The molecule has 4 nitrogen and oxygen atoms in total. The third-order valence-corrected chi connectivity index (χ3v) is 4.10. The van der Waals surface area contributed by atoms with Crippen molar-refractivity contribution in [2.24, 2.45) is 5.92 Å². The Hall–Kier alpha value is -0.940. The fraction of sp³-hybridized carbons (Fsp3) is 0.625. The summed E-state index contributed by atoms with van der Waals surface area (Å²) >= 11 is 0. The minimum atomic E-state index is -0.580. The van der Waals surface area contributed by atoms with Crippen molar-refractivity contribution in [1.82, 2.24) is 4.90 Å². The Morgan fingerprint density at radius 1 is 1.25 bits per heavy atom. The largest absolute Gasteiger partial charge is 0.389 e. The number of likely N-dealkylation sites (tertiary alicyclic amines) is 1. The van der Waals surface area contributed by atoms with E-state index in [4.69, 9.17) is 9.47 Å². The fourth-order valence-corrected chi connectivity index (χ4v) is 3.16. The number of hydrogen-bond acceptors (Lipinski definition) is 4. The van der Waals surface area contributed by atoms with Crippen LogP contribution < -0.4 is 0 Å². The minimum Gasteiger partial charge on any atom is -0.389 e. The van der Waals surface area contributed by atoms with Crippen molar-refractivity contribution in [2.75, 3.05) is 19.7 Å². The van der Waals surface area contributed by atoms with Crippen LogP contribution in [0.2, 0.25) is 0 Å². The molecule has 2 aliphatic heterocycles. The Kier molecular flexibility index (Phi) is 3.82. The van der Waals surface area contributed by atoms with Gasteiger partial charge >= 0.3 is 0 Å². The number of aliphatic hydroxyl groups excluding tert-OH is 1. The molecule has 0 aliphatic carbocycles. The van der Waals surface area contributed by atoms with E-state index in [-0.39, 0.29) is 12.0 Å². The molecular weight excluding hydrogens is 254 g/mol. The van der Waals surface area contributed by atoms with Crippen molar-refractivity contribution < 1.29 is 14.6 Å². The van der Waals surface area contributed by atoms with E-state index in [1.165, 1.54) is 5.56 Å². The second-order valence-corrected chi connectivity index (χ2v) is 6.30. The molecule has 0 spiro atoms. The van der Waals surface area contributed by atoms with Gasteiger partial charge in [0.05, 0.1) is 18.8 Å². The van der Waals surface area contributed by atoms with Gasteiger partial charge in [-0.05, 0) is 19.4 Å². The number of nitrogens with zero attached hydrogens (tertiary/aromatic N) is 1. The average molecular weight is 277 g/mol. The molecule has 4 heteroatoms. The van der Waals surface area contributed by atoms with Crippen LogP contribution in [0.5, 0.6) is 0 Å². The zero-order chi connectivity index (χ0) is 14.2. The molecule has 0 unspecified atom stereocenters. The van der Waals surface area contributed by atoms with Crippen LogP contribution in [0.3, 0.4) is 0 Å². The highest BCUT2D eigenvalue weighted by Crippen LogP contribution is 2.32. The van der Waals surface area contributed by atoms with Crippen LogP contribution >= 0.6 is 0 Å². The first-order chi connectivity index (χ1) is 9.53. The first-order valence-corrected chi connectivity index (χ1v) is 7.30. The molecule has 2 saturated heterocycles. The molecule has 3 atom stereocenters. The second kappa shape index (κ2) is 5.45. The van der Waals surface area contributed by atoms with Crippen molar-refractivity contribution >= 4 is 0 Å². The fourth-order valence-electron chi connectivity index (χ4n) is 3.16. The highest BCUT2D eigenvalue weighted by Gasteiger charge is 2.44. The van der Waals surface area contributed by atoms with Gasteiger partial charge in [0.1, 0.15) is 0 Å². The van der Waals surface area contributed by atoms with E-state index < -0.39 is 11.9 Å². The summed E-state index contributed by atoms with van der Waals surface area (Å²) in [6.07, 6.45) is -0.550. The summed E-state index contributed by atoms with van der Waals surface area (Å²) in [6.45, 7) is 6.90. The number of β-amino-alcohol motifs (C(OH)–C–C–N with tert-alkyl or cyclic N) is 1.